The average Bonchev–Trinajstić information content (AvgIpc) is 1.75. The van der Waals surface area contributed by atoms with Gasteiger partial charge in [0.1, 0.15) is 5.57 Å². The van der Waals surface area contributed by atoms with E-state index in [9.17, 15) is 9.59 Å². The van der Waals surface area contributed by atoms with Crippen LogP contribution >= 0.6 is 23.5 Å². The smallest absolute Gasteiger partial charge is 0.343 e. The molecule has 1 aliphatic rings. The first-order chi connectivity index (χ1) is 5.13. The Morgan fingerprint density at radius 2 is 2.00 bits per heavy atom. The molecule has 0 atom stereocenters. The lowest BCUT2D eigenvalue weighted by Gasteiger charge is -2.16. The number of carboxylic acids is 1. The third kappa shape index (κ3) is 1.69. The van der Waals surface area contributed by atoms with Crippen LogP contribution in [-0.4, -0.2) is 22.1 Å². The Morgan fingerprint density at radius 1 is 1.45 bits per heavy atom. The summed E-state index contributed by atoms with van der Waals surface area (Å²) in [5, 5.41) is 9.28. The van der Waals surface area contributed by atoms with Gasteiger partial charge in [0, 0.05) is 5.08 Å². The highest BCUT2D eigenvalue weighted by Gasteiger charge is 2.25. The lowest BCUT2D eigenvalue weighted by atomic mass is 10.3. The molecular weight excluding hydrogens is 186 g/mol. The maximum Gasteiger partial charge on any atom is 0.343 e. The summed E-state index contributed by atoms with van der Waals surface area (Å²) >= 11 is 2.66. The van der Waals surface area contributed by atoms with E-state index in [0.717, 1.165) is 5.08 Å². The topological polar surface area (TPSA) is 80.4 Å². The number of hydrogen-bond acceptors (Lipinski definition) is 4. The van der Waals surface area contributed by atoms with Crippen LogP contribution in [0.2, 0.25) is 0 Å². The van der Waals surface area contributed by atoms with Gasteiger partial charge in [0.15, 0.2) is 0 Å². The maximum absolute atomic E-state index is 10.5. The molecule has 0 bridgehead atoms. The first-order valence-electron chi connectivity index (χ1n) is 2.66. The van der Waals surface area contributed by atoms with Gasteiger partial charge in [-0.2, -0.15) is 0 Å². The van der Waals surface area contributed by atoms with E-state index in [4.69, 9.17) is 10.8 Å². The fourth-order valence-corrected chi connectivity index (χ4v) is 2.16. The second-order valence-corrected chi connectivity index (χ2v) is 4.33. The van der Waals surface area contributed by atoms with Gasteiger partial charge in [0.25, 0.3) is 5.91 Å². The predicted molar refractivity (Wildman–Crippen MR) is 43.9 cm³/mol. The highest BCUT2D eigenvalue weighted by atomic mass is 32.3. The number of carbonyl (C=O) groups excluding carboxylic acids is 1. The highest BCUT2D eigenvalue weighted by molar-refractivity contribution is 8.37. The Balaban J connectivity index is 2.91. The molecule has 60 valence electrons. The van der Waals surface area contributed by atoms with Crippen LogP contribution in [0.5, 0.6) is 0 Å². The van der Waals surface area contributed by atoms with Crippen LogP contribution in [0.4, 0.5) is 0 Å². The second-order valence-electron chi connectivity index (χ2n) is 1.74. The lowest BCUT2D eigenvalue weighted by molar-refractivity contribution is -0.134. The summed E-state index contributed by atoms with van der Waals surface area (Å²) in [6.07, 6.45) is 0. The van der Waals surface area contributed by atoms with Crippen LogP contribution in [0.15, 0.2) is 9.81 Å². The van der Waals surface area contributed by atoms with Gasteiger partial charge < -0.3 is 10.8 Å². The van der Waals surface area contributed by atoms with E-state index in [-0.39, 0.29) is 5.57 Å². The Morgan fingerprint density at radius 3 is 2.09 bits per heavy atom. The van der Waals surface area contributed by atoms with Gasteiger partial charge in [-0.05, 0) is 0 Å². The van der Waals surface area contributed by atoms with E-state index >= 15 is 0 Å². The first kappa shape index (κ1) is 8.48. The normalized spacial score (nSPS) is 15.5. The molecule has 0 aliphatic carbocycles. The number of aliphatic carboxylic acids is 1. The van der Waals surface area contributed by atoms with Crippen molar-refractivity contribution in [1.29, 1.82) is 0 Å². The predicted octanol–water partition coefficient (Wildman–Crippen LogP) is 0.205. The number of nitrogens with two attached hydrogens (primary N) is 1. The van der Waals surface area contributed by atoms with Crippen molar-refractivity contribution in [2.75, 3.05) is 5.08 Å². The third-order valence-electron chi connectivity index (χ3n) is 1.04. The zero-order valence-electron chi connectivity index (χ0n) is 5.36. The van der Waals surface area contributed by atoms with E-state index < -0.39 is 11.9 Å². The molecule has 0 saturated carbocycles. The molecule has 0 spiro atoms. The van der Waals surface area contributed by atoms with Gasteiger partial charge in [0.05, 0.1) is 4.24 Å². The average molecular weight is 191 g/mol. The number of carbonyl (C=O) groups is 2. The van der Waals surface area contributed by atoms with E-state index in [1.54, 1.807) is 0 Å². The molecule has 6 heteroatoms. The monoisotopic (exact) mass is 191 g/mol. The van der Waals surface area contributed by atoms with Gasteiger partial charge in [-0.3, -0.25) is 4.79 Å². The Kier molecular flexibility index (Phi) is 2.45. The fourth-order valence-electron chi connectivity index (χ4n) is 0.555. The van der Waals surface area contributed by atoms with Crippen molar-refractivity contribution >= 4 is 35.4 Å². The zero-order valence-corrected chi connectivity index (χ0v) is 7.00. The molecule has 0 aromatic carbocycles. The van der Waals surface area contributed by atoms with Crippen molar-refractivity contribution in [2.45, 2.75) is 0 Å². The van der Waals surface area contributed by atoms with Crippen molar-refractivity contribution in [2.24, 2.45) is 5.73 Å². The van der Waals surface area contributed by atoms with Crippen molar-refractivity contribution < 1.29 is 14.7 Å². The third-order valence-corrected chi connectivity index (χ3v) is 3.63. The molecule has 1 rings (SSSR count). The summed E-state index contributed by atoms with van der Waals surface area (Å²) in [7, 11) is 0. The van der Waals surface area contributed by atoms with Crippen molar-refractivity contribution in [3.63, 3.8) is 0 Å². The number of primary amides is 1. The summed E-state index contributed by atoms with van der Waals surface area (Å²) < 4.78 is 0.519. The minimum atomic E-state index is -1.24. The van der Waals surface area contributed by atoms with Crippen molar-refractivity contribution in [3.05, 3.63) is 9.81 Å². The molecule has 1 fully saturated rings. The number of amides is 1. The number of hydrogen-bond donors (Lipinski definition) is 2. The lowest BCUT2D eigenvalue weighted by Crippen LogP contribution is -2.22. The van der Waals surface area contributed by atoms with E-state index in [2.05, 4.69) is 0 Å². The number of rotatable bonds is 2. The molecule has 11 heavy (non-hydrogen) atoms. The largest absolute Gasteiger partial charge is 0.477 e. The summed E-state index contributed by atoms with van der Waals surface area (Å²) in [6.45, 7) is 0. The van der Waals surface area contributed by atoms with Crippen LogP contribution < -0.4 is 5.73 Å². The van der Waals surface area contributed by atoms with E-state index in [1.807, 2.05) is 0 Å². The fraction of sp³-hybridized carbons (Fsp3) is 0.200. The molecule has 0 aromatic rings. The van der Waals surface area contributed by atoms with Crippen LogP contribution in [0.3, 0.4) is 0 Å². The molecule has 1 amide bonds. The SMILES string of the molecule is NC(=O)C(C(=O)O)=C1SCS1. The molecule has 0 aromatic heterocycles. The van der Waals surface area contributed by atoms with Gasteiger partial charge in [0.2, 0.25) is 0 Å². The van der Waals surface area contributed by atoms with Crippen molar-refractivity contribution in [1.82, 2.24) is 0 Å². The summed E-state index contributed by atoms with van der Waals surface area (Å²) in [4.78, 5) is 20.9. The molecule has 1 heterocycles. The quantitative estimate of drug-likeness (QED) is 0.370. The van der Waals surface area contributed by atoms with Gasteiger partial charge in [-0.25, -0.2) is 4.79 Å². The Hall–Kier alpha value is -0.620. The summed E-state index contributed by atoms with van der Waals surface area (Å²) in [5.74, 6) is -2.11. The number of carboxylic acid groups (broad SMARTS) is 1. The van der Waals surface area contributed by atoms with E-state index in [0.29, 0.717) is 4.24 Å². The molecule has 3 N–H and O–H groups in total. The Labute approximate surface area is 71.2 Å². The van der Waals surface area contributed by atoms with Gasteiger partial charge in [-0.15, -0.1) is 23.5 Å². The van der Waals surface area contributed by atoms with E-state index in [1.165, 1.54) is 23.5 Å². The highest BCUT2D eigenvalue weighted by Crippen LogP contribution is 2.45. The minimum absolute atomic E-state index is 0.286. The van der Waals surface area contributed by atoms with Crippen LogP contribution in [0.25, 0.3) is 0 Å². The molecule has 1 saturated heterocycles. The van der Waals surface area contributed by atoms with Crippen LogP contribution in [-0.2, 0) is 9.59 Å². The molecular formula is C5H5NO3S2. The van der Waals surface area contributed by atoms with Crippen LogP contribution in [0.1, 0.15) is 0 Å². The first-order valence-corrected chi connectivity index (χ1v) is 4.63. The summed E-state index contributed by atoms with van der Waals surface area (Å²) in [6, 6.07) is 0. The molecule has 1 aliphatic heterocycles. The van der Waals surface area contributed by atoms with Gasteiger partial charge >= 0.3 is 5.97 Å². The van der Waals surface area contributed by atoms with Crippen molar-refractivity contribution in [3.8, 4) is 0 Å². The minimum Gasteiger partial charge on any atom is -0.477 e. The molecule has 4 nitrogen and oxygen atoms in total. The number of thioether (sulfide) groups is 2. The maximum atomic E-state index is 10.5. The Bertz CT molecular complexity index is 226. The zero-order chi connectivity index (χ0) is 8.43. The molecule has 0 unspecified atom stereocenters. The molecule has 0 radical (unpaired) electrons. The summed E-state index contributed by atoms with van der Waals surface area (Å²) in [5.41, 5.74) is 4.56. The van der Waals surface area contributed by atoms with Gasteiger partial charge in [-0.1, -0.05) is 0 Å². The standard InChI is InChI=1S/C5H5NO3S2/c6-3(7)2(4(8)9)5-10-1-11-5/h1H2,(H2,6,7)(H,8,9). The second kappa shape index (κ2) is 3.19. The van der Waals surface area contributed by atoms with Crippen LogP contribution in [0, 0.1) is 0 Å².